The lowest BCUT2D eigenvalue weighted by Crippen LogP contribution is -1.98. The Balaban J connectivity index is 3.34. The number of rotatable bonds is 3. The van der Waals surface area contributed by atoms with Gasteiger partial charge < -0.3 is 5.73 Å². The lowest BCUT2D eigenvalue weighted by Gasteiger charge is -2.02. The van der Waals surface area contributed by atoms with Crippen molar-refractivity contribution in [3.63, 3.8) is 0 Å². The number of halogens is 1. The van der Waals surface area contributed by atoms with E-state index in [0.717, 1.165) is 6.07 Å². The second-order valence-electron chi connectivity index (χ2n) is 2.68. The highest BCUT2D eigenvalue weighted by Gasteiger charge is 2.14. The van der Waals surface area contributed by atoms with Crippen LogP contribution in [0.3, 0.4) is 0 Å². The summed E-state index contributed by atoms with van der Waals surface area (Å²) in [6.07, 6.45) is 3.10. The Hall–Kier alpha value is -1.88. The van der Waals surface area contributed by atoms with Gasteiger partial charge >= 0.3 is 0 Å². The molecule has 0 aliphatic heterocycles. The normalized spacial score (nSPS) is 10.5. The van der Waals surface area contributed by atoms with Gasteiger partial charge in [0.1, 0.15) is 12.0 Å². The van der Waals surface area contributed by atoms with Crippen LogP contribution in [0.5, 0.6) is 0 Å². The van der Waals surface area contributed by atoms with Gasteiger partial charge in [0.2, 0.25) is 0 Å². The Morgan fingerprint density at radius 2 is 2.13 bits per heavy atom. The molecule has 0 spiro atoms. The highest BCUT2D eigenvalue weighted by molar-refractivity contribution is 6.31. The Morgan fingerprint density at radius 1 is 1.47 bits per heavy atom. The zero-order chi connectivity index (χ0) is 11.4. The fourth-order valence-corrected chi connectivity index (χ4v) is 1.28. The van der Waals surface area contributed by atoms with E-state index in [0.29, 0.717) is 11.8 Å². The molecule has 0 unspecified atom stereocenters. The van der Waals surface area contributed by atoms with E-state index in [9.17, 15) is 14.9 Å². The number of nitrogens with two attached hydrogens (primary N) is 1. The van der Waals surface area contributed by atoms with E-state index in [2.05, 4.69) is 0 Å². The number of carbonyl (C=O) groups is 1. The molecule has 0 amide bonds. The quantitative estimate of drug-likeness (QED) is 0.281. The number of hydrogen-bond donors (Lipinski definition) is 1. The van der Waals surface area contributed by atoms with Gasteiger partial charge in [-0.05, 0) is 18.2 Å². The molecule has 0 aliphatic carbocycles. The van der Waals surface area contributed by atoms with Crippen LogP contribution in [0, 0.1) is 10.1 Å². The van der Waals surface area contributed by atoms with E-state index in [-0.39, 0.29) is 16.4 Å². The number of benzene rings is 1. The maximum atomic E-state index is 10.6. The SMILES string of the molecule is Nc1c(C=CC=O)cc(Cl)cc1[N+](=O)[O-]. The third-order valence-electron chi connectivity index (χ3n) is 1.71. The highest BCUT2D eigenvalue weighted by atomic mass is 35.5. The summed E-state index contributed by atoms with van der Waals surface area (Å²) in [6.45, 7) is 0. The summed E-state index contributed by atoms with van der Waals surface area (Å²) in [5, 5.41) is 10.8. The summed E-state index contributed by atoms with van der Waals surface area (Å²) in [7, 11) is 0. The number of hydrogen-bond acceptors (Lipinski definition) is 4. The van der Waals surface area contributed by atoms with Crippen molar-refractivity contribution in [1.82, 2.24) is 0 Å². The molecule has 0 aliphatic rings. The summed E-state index contributed by atoms with van der Waals surface area (Å²) in [5.74, 6) is 0. The minimum Gasteiger partial charge on any atom is -0.393 e. The number of anilines is 1. The highest BCUT2D eigenvalue weighted by Crippen LogP contribution is 2.30. The largest absolute Gasteiger partial charge is 0.393 e. The average Bonchev–Trinajstić information content (AvgIpc) is 2.18. The molecule has 0 aromatic heterocycles. The third-order valence-corrected chi connectivity index (χ3v) is 1.92. The summed E-state index contributed by atoms with van der Waals surface area (Å²) in [6, 6.07) is 2.61. The molecule has 15 heavy (non-hydrogen) atoms. The first-order chi connectivity index (χ1) is 7.06. The average molecular weight is 227 g/mol. The van der Waals surface area contributed by atoms with Gasteiger partial charge in [-0.2, -0.15) is 0 Å². The van der Waals surface area contributed by atoms with Crippen LogP contribution in [0.1, 0.15) is 5.56 Å². The molecule has 0 bridgehead atoms. The van der Waals surface area contributed by atoms with E-state index < -0.39 is 4.92 Å². The summed E-state index contributed by atoms with van der Waals surface area (Å²) in [4.78, 5) is 20.0. The minimum absolute atomic E-state index is 0.0116. The summed E-state index contributed by atoms with van der Waals surface area (Å²) < 4.78 is 0. The molecule has 6 heteroatoms. The fourth-order valence-electron chi connectivity index (χ4n) is 1.06. The number of nitro benzene ring substituents is 1. The van der Waals surface area contributed by atoms with Crippen LogP contribution in [0.25, 0.3) is 6.08 Å². The van der Waals surface area contributed by atoms with Crippen molar-refractivity contribution in [1.29, 1.82) is 0 Å². The molecule has 5 nitrogen and oxygen atoms in total. The number of nitro groups is 1. The molecular weight excluding hydrogens is 220 g/mol. The van der Waals surface area contributed by atoms with Gasteiger partial charge in [-0.1, -0.05) is 11.6 Å². The Morgan fingerprint density at radius 3 is 2.67 bits per heavy atom. The van der Waals surface area contributed by atoms with Gasteiger partial charge in [0.05, 0.1) is 4.92 Å². The van der Waals surface area contributed by atoms with Gasteiger partial charge in [-0.15, -0.1) is 0 Å². The molecule has 0 saturated carbocycles. The first-order valence-electron chi connectivity index (χ1n) is 3.91. The number of allylic oxidation sites excluding steroid dienone is 1. The number of aldehydes is 1. The molecule has 1 aromatic rings. The first kappa shape index (κ1) is 11.2. The molecule has 0 saturated heterocycles. The van der Waals surface area contributed by atoms with Crippen molar-refractivity contribution in [3.8, 4) is 0 Å². The third kappa shape index (κ3) is 2.54. The zero-order valence-corrected chi connectivity index (χ0v) is 8.27. The molecule has 0 heterocycles. The summed E-state index contributed by atoms with van der Waals surface area (Å²) in [5.41, 5.74) is 5.59. The molecule has 2 N–H and O–H groups in total. The van der Waals surface area contributed by atoms with Crippen LogP contribution in [0.4, 0.5) is 11.4 Å². The zero-order valence-electron chi connectivity index (χ0n) is 7.51. The number of nitrogen functional groups attached to an aromatic ring is 1. The van der Waals surface area contributed by atoms with E-state index in [1.165, 1.54) is 18.2 Å². The molecule has 0 atom stereocenters. The van der Waals surface area contributed by atoms with Crippen LogP contribution in [-0.4, -0.2) is 11.2 Å². The van der Waals surface area contributed by atoms with Crippen LogP contribution in [-0.2, 0) is 4.79 Å². The monoisotopic (exact) mass is 226 g/mol. The van der Waals surface area contributed by atoms with Gasteiger partial charge in [-0.25, -0.2) is 0 Å². The Labute approximate surface area is 90.3 Å². The smallest absolute Gasteiger partial charge is 0.294 e. The lowest BCUT2D eigenvalue weighted by molar-refractivity contribution is -0.383. The Kier molecular flexibility index (Phi) is 3.41. The predicted octanol–water partition coefficient (Wildman–Crippen LogP) is 2.04. The topological polar surface area (TPSA) is 86.2 Å². The molecule has 1 rings (SSSR count). The van der Waals surface area contributed by atoms with Crippen molar-refractivity contribution in [2.24, 2.45) is 0 Å². The van der Waals surface area contributed by atoms with Crippen molar-refractivity contribution in [2.45, 2.75) is 0 Å². The van der Waals surface area contributed by atoms with Crippen molar-refractivity contribution in [3.05, 3.63) is 38.9 Å². The standard InChI is InChI=1S/C9H7ClN2O3/c10-7-4-6(2-1-3-13)9(11)8(5-7)12(14)15/h1-5H,11H2. The maximum absolute atomic E-state index is 10.6. The predicted molar refractivity (Wildman–Crippen MR) is 57.6 cm³/mol. The number of nitrogens with zero attached hydrogens (tertiary/aromatic N) is 1. The van der Waals surface area contributed by atoms with Gasteiger partial charge in [0, 0.05) is 16.7 Å². The minimum atomic E-state index is -0.626. The van der Waals surface area contributed by atoms with Crippen LogP contribution in [0.2, 0.25) is 5.02 Å². The van der Waals surface area contributed by atoms with Crippen molar-refractivity contribution in [2.75, 3.05) is 5.73 Å². The van der Waals surface area contributed by atoms with E-state index in [1.807, 2.05) is 0 Å². The first-order valence-corrected chi connectivity index (χ1v) is 4.29. The van der Waals surface area contributed by atoms with Crippen LogP contribution < -0.4 is 5.73 Å². The summed E-state index contributed by atoms with van der Waals surface area (Å²) >= 11 is 5.66. The Bertz CT molecular complexity index is 443. The molecule has 0 fully saturated rings. The van der Waals surface area contributed by atoms with Gasteiger partial charge in [-0.3, -0.25) is 14.9 Å². The maximum Gasteiger partial charge on any atom is 0.294 e. The molecule has 0 radical (unpaired) electrons. The second kappa shape index (κ2) is 4.56. The number of carbonyl (C=O) groups excluding carboxylic acids is 1. The molecule has 1 aromatic carbocycles. The van der Waals surface area contributed by atoms with E-state index in [1.54, 1.807) is 0 Å². The van der Waals surface area contributed by atoms with E-state index in [4.69, 9.17) is 17.3 Å². The van der Waals surface area contributed by atoms with Crippen LogP contribution in [0.15, 0.2) is 18.2 Å². The van der Waals surface area contributed by atoms with Gasteiger partial charge in [0.25, 0.3) is 5.69 Å². The molecule has 78 valence electrons. The van der Waals surface area contributed by atoms with E-state index >= 15 is 0 Å². The lowest BCUT2D eigenvalue weighted by atomic mass is 10.1. The molecular formula is C9H7ClN2O3. The van der Waals surface area contributed by atoms with Gasteiger partial charge in [0.15, 0.2) is 0 Å². The van der Waals surface area contributed by atoms with Crippen LogP contribution >= 0.6 is 11.6 Å². The fraction of sp³-hybridized carbons (Fsp3) is 0. The second-order valence-corrected chi connectivity index (χ2v) is 3.12. The van der Waals surface area contributed by atoms with Crippen molar-refractivity contribution >= 4 is 35.3 Å². The van der Waals surface area contributed by atoms with Crippen molar-refractivity contribution < 1.29 is 9.72 Å².